The summed E-state index contributed by atoms with van der Waals surface area (Å²) in [6.07, 6.45) is 0. The maximum Gasteiger partial charge on any atom is 0.238 e. The fourth-order valence-corrected chi connectivity index (χ4v) is 7.14. The quantitative estimate of drug-likeness (QED) is 0.188. The first-order valence-electron chi connectivity index (χ1n) is 16.7. The third kappa shape index (κ3) is 4.60. The highest BCUT2D eigenvalue weighted by Gasteiger charge is 2.21. The molecular formula is C45H28N4O. The van der Waals surface area contributed by atoms with Crippen LogP contribution in [-0.4, -0.2) is 19.5 Å². The minimum absolute atomic E-state index is 0.552. The van der Waals surface area contributed by atoms with Gasteiger partial charge in [-0.15, -0.1) is 0 Å². The highest BCUT2D eigenvalue weighted by molar-refractivity contribution is 6.14. The Morgan fingerprint density at radius 2 is 0.980 bits per heavy atom. The van der Waals surface area contributed by atoms with Crippen LogP contribution >= 0.6 is 0 Å². The topological polar surface area (TPSA) is 56.7 Å². The van der Waals surface area contributed by atoms with E-state index in [9.17, 15) is 0 Å². The van der Waals surface area contributed by atoms with Gasteiger partial charge in [0, 0.05) is 32.7 Å². The first-order chi connectivity index (χ1) is 24.8. The molecule has 5 heteroatoms. The van der Waals surface area contributed by atoms with Gasteiger partial charge in [-0.1, -0.05) is 140 Å². The van der Waals surface area contributed by atoms with Crippen molar-refractivity contribution in [1.82, 2.24) is 19.5 Å². The minimum Gasteiger partial charge on any atom is -0.456 e. The van der Waals surface area contributed by atoms with Crippen molar-refractivity contribution in [3.05, 3.63) is 170 Å². The summed E-state index contributed by atoms with van der Waals surface area (Å²) in [6, 6.07) is 58.6. The number of fused-ring (bicyclic) bond motifs is 6. The summed E-state index contributed by atoms with van der Waals surface area (Å²) in [5.74, 6) is 1.72. The standard InChI is InChI=1S/C45H28N4O/c1-4-14-29(15-5-1)32-24-25-35-34-20-10-12-22-38(34)49(39(35)27-32)45-47-43(31-18-8-3-9-19-31)46-44(48-45)33-26-37(30-16-6-2-7-17-30)42-36-21-11-13-23-40(36)50-41(42)28-33/h1-28H. The first-order valence-corrected chi connectivity index (χ1v) is 16.7. The lowest BCUT2D eigenvalue weighted by Crippen LogP contribution is -2.06. The number of furan rings is 1. The van der Waals surface area contributed by atoms with Crippen LogP contribution in [0.1, 0.15) is 0 Å². The van der Waals surface area contributed by atoms with Gasteiger partial charge in [0.2, 0.25) is 5.95 Å². The molecule has 0 saturated carbocycles. The Morgan fingerprint density at radius 1 is 0.380 bits per heavy atom. The van der Waals surface area contributed by atoms with Crippen molar-refractivity contribution in [3.8, 4) is 51.0 Å². The molecule has 0 unspecified atom stereocenters. The summed E-state index contributed by atoms with van der Waals surface area (Å²) in [5.41, 5.74) is 9.90. The molecule has 234 valence electrons. The van der Waals surface area contributed by atoms with E-state index in [1.165, 1.54) is 0 Å². The van der Waals surface area contributed by atoms with Crippen molar-refractivity contribution >= 4 is 43.7 Å². The summed E-state index contributed by atoms with van der Waals surface area (Å²) in [4.78, 5) is 15.6. The molecule has 0 spiro atoms. The van der Waals surface area contributed by atoms with Gasteiger partial charge in [0.25, 0.3) is 0 Å². The smallest absolute Gasteiger partial charge is 0.238 e. The molecule has 0 atom stereocenters. The Kier molecular flexibility index (Phi) is 6.42. The number of para-hydroxylation sites is 2. The molecule has 3 heterocycles. The number of benzene rings is 7. The van der Waals surface area contributed by atoms with Crippen LogP contribution in [0.25, 0.3) is 94.7 Å². The second kappa shape index (κ2) is 11.4. The molecule has 0 fully saturated rings. The van der Waals surface area contributed by atoms with Crippen LogP contribution in [0.2, 0.25) is 0 Å². The largest absolute Gasteiger partial charge is 0.456 e. The molecule has 0 amide bonds. The van der Waals surface area contributed by atoms with Crippen molar-refractivity contribution < 1.29 is 4.42 Å². The molecule has 5 nitrogen and oxygen atoms in total. The molecular weight excluding hydrogens is 613 g/mol. The SMILES string of the molecule is c1ccc(-c2ccc3c4ccccc4n(-c4nc(-c5ccccc5)nc(-c5cc(-c6ccccc6)c6c(c5)oc5ccccc56)n4)c3c2)cc1. The molecule has 0 radical (unpaired) electrons. The van der Waals surface area contributed by atoms with Crippen molar-refractivity contribution in [1.29, 1.82) is 0 Å². The number of hydrogen-bond donors (Lipinski definition) is 0. The van der Waals surface area contributed by atoms with Crippen LogP contribution in [0.3, 0.4) is 0 Å². The van der Waals surface area contributed by atoms with E-state index in [0.717, 1.165) is 77.1 Å². The van der Waals surface area contributed by atoms with E-state index in [-0.39, 0.29) is 0 Å². The third-order valence-corrected chi connectivity index (χ3v) is 9.46. The van der Waals surface area contributed by atoms with E-state index >= 15 is 0 Å². The fourth-order valence-electron chi connectivity index (χ4n) is 7.14. The Hall–Kier alpha value is -6.85. The van der Waals surface area contributed by atoms with Crippen LogP contribution in [0.5, 0.6) is 0 Å². The Labute approximate surface area is 287 Å². The fraction of sp³-hybridized carbons (Fsp3) is 0. The van der Waals surface area contributed by atoms with E-state index < -0.39 is 0 Å². The van der Waals surface area contributed by atoms with E-state index in [1.807, 2.05) is 54.6 Å². The van der Waals surface area contributed by atoms with Crippen LogP contribution < -0.4 is 0 Å². The van der Waals surface area contributed by atoms with Gasteiger partial charge < -0.3 is 4.42 Å². The molecule has 10 aromatic rings. The normalized spacial score (nSPS) is 11.6. The Balaban J connectivity index is 1.27. The lowest BCUT2D eigenvalue weighted by Gasteiger charge is -2.12. The molecule has 0 saturated heterocycles. The summed E-state index contributed by atoms with van der Waals surface area (Å²) >= 11 is 0. The zero-order chi connectivity index (χ0) is 33.0. The summed E-state index contributed by atoms with van der Waals surface area (Å²) in [6.45, 7) is 0. The average molecular weight is 641 g/mol. The van der Waals surface area contributed by atoms with Gasteiger partial charge in [0.15, 0.2) is 11.6 Å². The third-order valence-electron chi connectivity index (χ3n) is 9.46. The van der Waals surface area contributed by atoms with E-state index in [2.05, 4.69) is 120 Å². The predicted octanol–water partition coefficient (Wildman–Crippen LogP) is 11.5. The average Bonchev–Trinajstić information content (AvgIpc) is 3.74. The monoisotopic (exact) mass is 640 g/mol. The van der Waals surface area contributed by atoms with Gasteiger partial charge in [-0.2, -0.15) is 9.97 Å². The van der Waals surface area contributed by atoms with Crippen LogP contribution in [-0.2, 0) is 0 Å². The van der Waals surface area contributed by atoms with Gasteiger partial charge in [-0.25, -0.2) is 4.98 Å². The predicted molar refractivity (Wildman–Crippen MR) is 203 cm³/mol. The van der Waals surface area contributed by atoms with Crippen molar-refractivity contribution in [2.45, 2.75) is 0 Å². The number of rotatable bonds is 5. The second-order valence-electron chi connectivity index (χ2n) is 12.5. The highest BCUT2D eigenvalue weighted by Crippen LogP contribution is 2.40. The summed E-state index contributed by atoms with van der Waals surface area (Å²) in [5, 5.41) is 4.43. The van der Waals surface area contributed by atoms with Gasteiger partial charge >= 0.3 is 0 Å². The maximum atomic E-state index is 6.49. The van der Waals surface area contributed by atoms with E-state index in [4.69, 9.17) is 19.4 Å². The Morgan fingerprint density at radius 3 is 1.74 bits per heavy atom. The lowest BCUT2D eigenvalue weighted by atomic mass is 9.97. The molecule has 10 rings (SSSR count). The van der Waals surface area contributed by atoms with E-state index in [0.29, 0.717) is 17.6 Å². The van der Waals surface area contributed by atoms with Crippen LogP contribution in [0, 0.1) is 0 Å². The molecule has 7 aromatic carbocycles. The molecule has 0 N–H and O–H groups in total. The van der Waals surface area contributed by atoms with Crippen LogP contribution in [0.15, 0.2) is 174 Å². The molecule has 0 aliphatic carbocycles. The van der Waals surface area contributed by atoms with Gasteiger partial charge in [-0.05, 0) is 52.6 Å². The number of aromatic nitrogens is 4. The second-order valence-corrected chi connectivity index (χ2v) is 12.5. The molecule has 0 aliphatic heterocycles. The molecule has 50 heavy (non-hydrogen) atoms. The van der Waals surface area contributed by atoms with Gasteiger partial charge in [0.1, 0.15) is 11.2 Å². The highest BCUT2D eigenvalue weighted by atomic mass is 16.3. The zero-order valence-corrected chi connectivity index (χ0v) is 26.9. The molecule has 0 aliphatic rings. The lowest BCUT2D eigenvalue weighted by molar-refractivity contribution is 0.669. The number of hydrogen-bond acceptors (Lipinski definition) is 4. The zero-order valence-electron chi connectivity index (χ0n) is 26.9. The van der Waals surface area contributed by atoms with Gasteiger partial charge in [0.05, 0.1) is 11.0 Å². The minimum atomic E-state index is 0.552. The summed E-state index contributed by atoms with van der Waals surface area (Å²) < 4.78 is 8.66. The van der Waals surface area contributed by atoms with Crippen molar-refractivity contribution in [2.24, 2.45) is 0 Å². The maximum absolute atomic E-state index is 6.49. The van der Waals surface area contributed by atoms with Crippen molar-refractivity contribution in [3.63, 3.8) is 0 Å². The Bertz CT molecular complexity index is 2860. The van der Waals surface area contributed by atoms with Crippen molar-refractivity contribution in [2.75, 3.05) is 0 Å². The van der Waals surface area contributed by atoms with Crippen LogP contribution in [0.4, 0.5) is 0 Å². The van der Waals surface area contributed by atoms with E-state index in [1.54, 1.807) is 0 Å². The first kappa shape index (κ1) is 28.2. The van der Waals surface area contributed by atoms with Gasteiger partial charge in [-0.3, -0.25) is 4.57 Å². The molecule has 3 aromatic heterocycles. The summed E-state index contributed by atoms with van der Waals surface area (Å²) in [7, 11) is 0. The number of nitrogens with zero attached hydrogens (tertiary/aromatic N) is 4. The molecule has 0 bridgehead atoms.